The Morgan fingerprint density at radius 1 is 1.35 bits per heavy atom. The molecule has 2 atom stereocenters. The van der Waals surface area contributed by atoms with Gasteiger partial charge < -0.3 is 15.8 Å². The Kier molecular flexibility index (Phi) is 5.57. The van der Waals surface area contributed by atoms with E-state index in [1.807, 2.05) is 6.07 Å². The quantitative estimate of drug-likeness (QED) is 0.869. The van der Waals surface area contributed by atoms with E-state index in [0.29, 0.717) is 6.61 Å². The maximum Gasteiger partial charge on any atom is 0.222 e. The molecule has 2 rings (SSSR count). The summed E-state index contributed by atoms with van der Waals surface area (Å²) < 4.78 is 5.21. The van der Waals surface area contributed by atoms with Crippen LogP contribution in [0.3, 0.4) is 0 Å². The lowest BCUT2D eigenvalue weighted by molar-refractivity contribution is -0.122. The predicted octanol–water partition coefficient (Wildman–Crippen LogP) is 2.38. The summed E-state index contributed by atoms with van der Waals surface area (Å²) in [6, 6.07) is 1.94. The average molecular weight is 320 g/mol. The fourth-order valence-corrected chi connectivity index (χ4v) is 2.96. The average Bonchev–Trinajstić information content (AvgIpc) is 2.47. The van der Waals surface area contributed by atoms with Crippen LogP contribution in [-0.4, -0.2) is 29.0 Å². The van der Waals surface area contributed by atoms with E-state index in [9.17, 15) is 4.79 Å². The van der Waals surface area contributed by atoms with Crippen molar-refractivity contribution < 1.29 is 9.53 Å². The predicted molar refractivity (Wildman–Crippen MR) is 90.0 cm³/mol. The number of ether oxygens (including phenoxy) is 1. The lowest BCUT2D eigenvalue weighted by Gasteiger charge is -2.31. The molecule has 0 aliphatic heterocycles. The molecule has 6 nitrogen and oxygen atoms in total. The monoisotopic (exact) mass is 320 g/mol. The first-order valence-corrected chi connectivity index (χ1v) is 8.24. The van der Waals surface area contributed by atoms with Crippen LogP contribution in [0.1, 0.15) is 58.0 Å². The molecule has 1 fully saturated rings. The number of rotatable bonds is 5. The van der Waals surface area contributed by atoms with Gasteiger partial charge in [-0.3, -0.25) is 4.79 Å². The van der Waals surface area contributed by atoms with Crippen LogP contribution in [0.2, 0.25) is 0 Å². The lowest BCUT2D eigenvalue weighted by atomic mass is 9.84. The summed E-state index contributed by atoms with van der Waals surface area (Å²) in [5.74, 6) is 1.14. The highest BCUT2D eigenvalue weighted by Crippen LogP contribution is 2.28. The van der Waals surface area contributed by atoms with Crippen molar-refractivity contribution in [2.45, 2.75) is 64.5 Å². The minimum absolute atomic E-state index is 0.0411. The number of nitrogens with zero attached hydrogens (tertiary/aromatic N) is 2. The Morgan fingerprint density at radius 2 is 2.04 bits per heavy atom. The molecule has 0 radical (unpaired) electrons. The van der Waals surface area contributed by atoms with Gasteiger partial charge in [0.25, 0.3) is 0 Å². The summed E-state index contributed by atoms with van der Waals surface area (Å²) in [7, 11) is 1.65. The maximum absolute atomic E-state index is 11.7. The van der Waals surface area contributed by atoms with E-state index >= 15 is 0 Å². The highest BCUT2D eigenvalue weighted by Gasteiger charge is 2.30. The molecule has 0 spiro atoms. The fourth-order valence-electron chi connectivity index (χ4n) is 2.96. The molecule has 23 heavy (non-hydrogen) atoms. The Bertz CT molecular complexity index is 554. The zero-order valence-corrected chi connectivity index (χ0v) is 14.6. The Morgan fingerprint density at radius 3 is 2.65 bits per heavy atom. The molecule has 1 heterocycles. The van der Waals surface area contributed by atoms with E-state index in [0.717, 1.165) is 43.0 Å². The number of aromatic nitrogens is 2. The number of anilines is 1. The smallest absolute Gasteiger partial charge is 0.222 e. The van der Waals surface area contributed by atoms with E-state index in [2.05, 4.69) is 36.1 Å². The largest absolute Gasteiger partial charge is 0.378 e. The van der Waals surface area contributed by atoms with Gasteiger partial charge >= 0.3 is 0 Å². The molecule has 1 aromatic heterocycles. The number of hydrogen-bond donors (Lipinski definition) is 2. The second-order valence-electron chi connectivity index (χ2n) is 7.30. The third-order valence-electron chi connectivity index (χ3n) is 4.21. The Hall–Kier alpha value is -1.69. The first-order chi connectivity index (χ1) is 10.8. The van der Waals surface area contributed by atoms with Crippen molar-refractivity contribution in [1.82, 2.24) is 9.97 Å². The second-order valence-corrected chi connectivity index (χ2v) is 7.30. The summed E-state index contributed by atoms with van der Waals surface area (Å²) in [5.41, 5.74) is 6.23. The van der Waals surface area contributed by atoms with Gasteiger partial charge in [-0.15, -0.1) is 0 Å². The third kappa shape index (κ3) is 4.64. The van der Waals surface area contributed by atoms with Gasteiger partial charge in [0.2, 0.25) is 5.91 Å². The van der Waals surface area contributed by atoms with Gasteiger partial charge in [0.15, 0.2) is 0 Å². The summed E-state index contributed by atoms with van der Waals surface area (Å²) >= 11 is 0. The minimum atomic E-state index is -0.232. The fraction of sp³-hybridized carbons (Fsp3) is 0.706. The topological polar surface area (TPSA) is 90.1 Å². The van der Waals surface area contributed by atoms with Crippen molar-refractivity contribution in [1.29, 1.82) is 0 Å². The van der Waals surface area contributed by atoms with Crippen molar-refractivity contribution in [2.75, 3.05) is 12.4 Å². The molecule has 1 amide bonds. The van der Waals surface area contributed by atoms with Crippen LogP contribution in [0.25, 0.3) is 0 Å². The van der Waals surface area contributed by atoms with Crippen LogP contribution < -0.4 is 11.1 Å². The number of carbonyl (C=O) groups is 1. The van der Waals surface area contributed by atoms with Crippen molar-refractivity contribution in [3.63, 3.8) is 0 Å². The summed E-state index contributed by atoms with van der Waals surface area (Å²) in [5, 5.41) is 3.42. The molecule has 1 saturated carbocycles. The van der Waals surface area contributed by atoms with Gasteiger partial charge in [-0.2, -0.15) is 0 Å². The lowest BCUT2D eigenvalue weighted by Crippen LogP contribution is -2.40. The van der Waals surface area contributed by atoms with E-state index < -0.39 is 0 Å². The van der Waals surface area contributed by atoms with Crippen molar-refractivity contribution in [3.8, 4) is 0 Å². The third-order valence-corrected chi connectivity index (χ3v) is 4.21. The van der Waals surface area contributed by atoms with E-state index in [1.54, 1.807) is 7.11 Å². The van der Waals surface area contributed by atoms with Gasteiger partial charge in [0, 0.05) is 24.6 Å². The van der Waals surface area contributed by atoms with Crippen molar-refractivity contribution >= 4 is 11.7 Å². The normalized spacial score (nSPS) is 21.9. The van der Waals surface area contributed by atoms with Gasteiger partial charge in [-0.05, 0) is 12.8 Å². The SMILES string of the molecule is COCc1cc(NC2CCCCC2C(N)=O)nc(C(C)(C)C)n1. The molecular formula is C17H28N4O2. The number of amides is 1. The molecule has 0 saturated heterocycles. The number of nitrogens with two attached hydrogens (primary N) is 1. The molecule has 0 aromatic carbocycles. The number of primary amides is 1. The van der Waals surface area contributed by atoms with Crippen LogP contribution in [0.4, 0.5) is 5.82 Å². The number of carbonyl (C=O) groups excluding carboxylic acids is 1. The molecule has 6 heteroatoms. The van der Waals surface area contributed by atoms with E-state index in [1.165, 1.54) is 0 Å². The van der Waals surface area contributed by atoms with Gasteiger partial charge in [0.1, 0.15) is 11.6 Å². The van der Waals surface area contributed by atoms with E-state index in [-0.39, 0.29) is 23.3 Å². The molecular weight excluding hydrogens is 292 g/mol. The number of hydrogen-bond acceptors (Lipinski definition) is 5. The highest BCUT2D eigenvalue weighted by atomic mass is 16.5. The standard InChI is InChI=1S/C17H28N4O2/c1-17(2,3)16-19-11(10-23-4)9-14(21-16)20-13-8-6-5-7-12(13)15(18)22/h9,12-13H,5-8,10H2,1-4H3,(H2,18,22)(H,19,20,21). The minimum Gasteiger partial charge on any atom is -0.378 e. The van der Waals surface area contributed by atoms with Gasteiger partial charge in [-0.1, -0.05) is 33.6 Å². The van der Waals surface area contributed by atoms with E-state index in [4.69, 9.17) is 10.5 Å². The summed E-state index contributed by atoms with van der Waals surface area (Å²) in [4.78, 5) is 20.9. The molecule has 1 aromatic rings. The molecule has 1 aliphatic carbocycles. The number of methoxy groups -OCH3 is 1. The molecule has 128 valence electrons. The van der Waals surface area contributed by atoms with Gasteiger partial charge in [-0.25, -0.2) is 9.97 Å². The molecule has 3 N–H and O–H groups in total. The van der Waals surface area contributed by atoms with Crippen LogP contribution in [-0.2, 0) is 21.6 Å². The molecule has 1 aliphatic rings. The van der Waals surface area contributed by atoms with Gasteiger partial charge in [0.05, 0.1) is 18.2 Å². The first kappa shape index (κ1) is 17.7. The zero-order chi connectivity index (χ0) is 17.0. The molecule has 0 bridgehead atoms. The van der Waals surface area contributed by atoms with Crippen LogP contribution in [0, 0.1) is 5.92 Å². The van der Waals surface area contributed by atoms with Crippen LogP contribution in [0.15, 0.2) is 6.07 Å². The van der Waals surface area contributed by atoms with Crippen molar-refractivity contribution in [2.24, 2.45) is 11.7 Å². The molecule has 2 unspecified atom stereocenters. The Labute approximate surface area is 138 Å². The zero-order valence-electron chi connectivity index (χ0n) is 14.6. The first-order valence-electron chi connectivity index (χ1n) is 8.24. The highest BCUT2D eigenvalue weighted by molar-refractivity contribution is 5.78. The second kappa shape index (κ2) is 7.25. The van der Waals surface area contributed by atoms with Crippen LogP contribution in [0.5, 0.6) is 0 Å². The Balaban J connectivity index is 2.26. The maximum atomic E-state index is 11.7. The van der Waals surface area contributed by atoms with Crippen molar-refractivity contribution in [3.05, 3.63) is 17.6 Å². The summed E-state index contributed by atoms with van der Waals surface area (Å²) in [6.45, 7) is 6.67. The number of nitrogens with one attached hydrogen (secondary N) is 1. The summed E-state index contributed by atoms with van der Waals surface area (Å²) in [6.07, 6.45) is 3.93. The van der Waals surface area contributed by atoms with Crippen LogP contribution >= 0.6 is 0 Å².